The number of aliphatic carboxylic acids is 1. The molecule has 1 amide bonds. The minimum absolute atomic E-state index is 0.00338. The molecule has 0 fully saturated rings. The van der Waals surface area contributed by atoms with Crippen LogP contribution < -0.4 is 5.32 Å². The van der Waals surface area contributed by atoms with Crippen molar-refractivity contribution in [3.05, 3.63) is 70.7 Å². The third-order valence-electron chi connectivity index (χ3n) is 3.05. The van der Waals surface area contributed by atoms with Crippen LogP contribution in [0.1, 0.15) is 21.8 Å². The predicted molar refractivity (Wildman–Crippen MR) is 80.6 cm³/mol. The van der Waals surface area contributed by atoms with Gasteiger partial charge in [0.05, 0.1) is 5.92 Å². The summed E-state index contributed by atoms with van der Waals surface area (Å²) in [6, 6.07) is 15.3. The lowest BCUT2D eigenvalue weighted by Gasteiger charge is -2.14. The summed E-state index contributed by atoms with van der Waals surface area (Å²) in [6.07, 6.45) is 0. The van der Waals surface area contributed by atoms with E-state index in [9.17, 15) is 14.7 Å². The van der Waals surface area contributed by atoms with Gasteiger partial charge in [-0.2, -0.15) is 0 Å². The molecule has 5 heteroatoms. The first-order chi connectivity index (χ1) is 10.1. The van der Waals surface area contributed by atoms with Gasteiger partial charge >= 0.3 is 5.97 Å². The molecule has 0 aliphatic carbocycles. The van der Waals surface area contributed by atoms with Gasteiger partial charge < -0.3 is 10.4 Å². The Kier molecular flexibility index (Phi) is 4.95. The Hall–Kier alpha value is -2.33. The van der Waals surface area contributed by atoms with E-state index in [0.29, 0.717) is 16.1 Å². The number of carbonyl (C=O) groups excluding carboxylic acids is 1. The molecule has 0 heterocycles. The van der Waals surface area contributed by atoms with E-state index in [2.05, 4.69) is 5.32 Å². The highest BCUT2D eigenvalue weighted by atomic mass is 35.5. The molecule has 0 spiro atoms. The average molecular weight is 304 g/mol. The number of carbonyl (C=O) groups is 2. The number of halogens is 1. The van der Waals surface area contributed by atoms with Crippen molar-refractivity contribution in [2.75, 3.05) is 6.54 Å². The van der Waals surface area contributed by atoms with E-state index in [4.69, 9.17) is 11.6 Å². The van der Waals surface area contributed by atoms with E-state index in [0.717, 1.165) is 0 Å². The summed E-state index contributed by atoms with van der Waals surface area (Å²) in [4.78, 5) is 23.3. The zero-order valence-electron chi connectivity index (χ0n) is 11.1. The minimum atomic E-state index is -1.01. The second-order valence-electron chi connectivity index (χ2n) is 4.52. The number of amides is 1. The third kappa shape index (κ3) is 4.07. The number of benzene rings is 2. The highest BCUT2D eigenvalue weighted by molar-refractivity contribution is 6.30. The summed E-state index contributed by atoms with van der Waals surface area (Å²) in [7, 11) is 0. The van der Waals surface area contributed by atoms with Crippen LogP contribution in [0.2, 0.25) is 5.02 Å². The minimum Gasteiger partial charge on any atom is -0.481 e. The lowest BCUT2D eigenvalue weighted by Crippen LogP contribution is -2.31. The van der Waals surface area contributed by atoms with Crippen LogP contribution in [0.15, 0.2) is 54.6 Å². The molecule has 2 aromatic carbocycles. The molecule has 4 nitrogen and oxygen atoms in total. The molecular formula is C16H14ClNO3. The Bertz CT molecular complexity index is 643. The van der Waals surface area contributed by atoms with Crippen LogP contribution in [-0.4, -0.2) is 23.5 Å². The number of hydrogen-bond donors (Lipinski definition) is 2. The van der Waals surface area contributed by atoms with Gasteiger partial charge in [0.25, 0.3) is 5.91 Å². The summed E-state index contributed by atoms with van der Waals surface area (Å²) in [5.74, 6) is -2.15. The van der Waals surface area contributed by atoms with E-state index in [-0.39, 0.29) is 12.5 Å². The van der Waals surface area contributed by atoms with Gasteiger partial charge in [0.2, 0.25) is 0 Å². The number of nitrogens with one attached hydrogen (secondary N) is 1. The van der Waals surface area contributed by atoms with Crippen LogP contribution in [0.5, 0.6) is 0 Å². The Morgan fingerprint density at radius 3 is 2.43 bits per heavy atom. The van der Waals surface area contributed by atoms with Gasteiger partial charge in [-0.3, -0.25) is 9.59 Å². The second-order valence-corrected chi connectivity index (χ2v) is 4.96. The average Bonchev–Trinajstić information content (AvgIpc) is 2.48. The van der Waals surface area contributed by atoms with Crippen molar-refractivity contribution in [3.63, 3.8) is 0 Å². The largest absolute Gasteiger partial charge is 0.481 e. The first kappa shape index (κ1) is 15.1. The molecule has 0 bridgehead atoms. The summed E-state index contributed by atoms with van der Waals surface area (Å²) in [6.45, 7) is 0.00338. The second kappa shape index (κ2) is 6.90. The zero-order chi connectivity index (χ0) is 15.2. The fourth-order valence-corrected chi connectivity index (χ4v) is 2.16. The Labute approximate surface area is 127 Å². The maximum atomic E-state index is 11.9. The molecule has 2 N–H and O–H groups in total. The molecule has 0 saturated heterocycles. The Morgan fingerprint density at radius 2 is 1.81 bits per heavy atom. The fourth-order valence-electron chi connectivity index (χ4n) is 1.96. The number of hydrogen-bond acceptors (Lipinski definition) is 2. The highest BCUT2D eigenvalue weighted by Gasteiger charge is 2.21. The van der Waals surface area contributed by atoms with Crippen LogP contribution >= 0.6 is 11.6 Å². The molecule has 21 heavy (non-hydrogen) atoms. The molecule has 0 aliphatic heterocycles. The molecule has 1 unspecified atom stereocenters. The summed E-state index contributed by atoms with van der Waals surface area (Å²) >= 11 is 5.87. The van der Waals surface area contributed by atoms with Gasteiger partial charge in [-0.1, -0.05) is 41.9 Å². The van der Waals surface area contributed by atoms with Gasteiger partial charge in [-0.05, 0) is 29.8 Å². The van der Waals surface area contributed by atoms with Gasteiger partial charge in [0, 0.05) is 17.1 Å². The predicted octanol–water partition coefficient (Wildman–Crippen LogP) is 2.94. The van der Waals surface area contributed by atoms with E-state index in [1.54, 1.807) is 48.5 Å². The molecule has 2 aromatic rings. The van der Waals surface area contributed by atoms with Crippen molar-refractivity contribution >= 4 is 23.5 Å². The first-order valence-corrected chi connectivity index (χ1v) is 6.77. The van der Waals surface area contributed by atoms with E-state index < -0.39 is 11.9 Å². The highest BCUT2D eigenvalue weighted by Crippen LogP contribution is 2.19. The van der Waals surface area contributed by atoms with Crippen molar-refractivity contribution in [1.29, 1.82) is 0 Å². The summed E-state index contributed by atoms with van der Waals surface area (Å²) in [5, 5.41) is 12.4. The molecule has 2 rings (SSSR count). The van der Waals surface area contributed by atoms with Gasteiger partial charge in [0.15, 0.2) is 0 Å². The molecule has 108 valence electrons. The van der Waals surface area contributed by atoms with E-state index in [1.165, 1.54) is 0 Å². The van der Waals surface area contributed by atoms with Crippen molar-refractivity contribution in [2.24, 2.45) is 0 Å². The van der Waals surface area contributed by atoms with E-state index in [1.807, 2.05) is 6.07 Å². The Balaban J connectivity index is 2.08. The van der Waals surface area contributed by atoms with Crippen LogP contribution in [0.3, 0.4) is 0 Å². The number of rotatable bonds is 5. The lowest BCUT2D eigenvalue weighted by atomic mass is 9.99. The van der Waals surface area contributed by atoms with Gasteiger partial charge in [0.1, 0.15) is 0 Å². The maximum Gasteiger partial charge on any atom is 0.312 e. The van der Waals surface area contributed by atoms with Crippen LogP contribution in [0, 0.1) is 0 Å². The molecule has 1 atom stereocenters. The smallest absolute Gasteiger partial charge is 0.312 e. The van der Waals surface area contributed by atoms with Crippen LogP contribution in [-0.2, 0) is 4.79 Å². The van der Waals surface area contributed by atoms with E-state index >= 15 is 0 Å². The monoisotopic (exact) mass is 303 g/mol. The topological polar surface area (TPSA) is 66.4 Å². The summed E-state index contributed by atoms with van der Waals surface area (Å²) in [5.41, 5.74) is 1.05. The zero-order valence-corrected chi connectivity index (χ0v) is 11.9. The fraction of sp³-hybridized carbons (Fsp3) is 0.125. The SMILES string of the molecule is O=C(NCC(C(=O)O)c1cccc(Cl)c1)c1ccccc1. The molecule has 0 aliphatic rings. The standard InChI is InChI=1S/C16H14ClNO3/c17-13-8-4-7-12(9-13)14(16(20)21)10-18-15(19)11-5-2-1-3-6-11/h1-9,14H,10H2,(H,18,19)(H,20,21). The summed E-state index contributed by atoms with van der Waals surface area (Å²) < 4.78 is 0. The molecule has 0 radical (unpaired) electrons. The number of carboxylic acid groups (broad SMARTS) is 1. The molecule has 0 saturated carbocycles. The first-order valence-electron chi connectivity index (χ1n) is 6.39. The third-order valence-corrected chi connectivity index (χ3v) is 3.29. The number of carboxylic acids is 1. The van der Waals surface area contributed by atoms with Gasteiger partial charge in [-0.15, -0.1) is 0 Å². The lowest BCUT2D eigenvalue weighted by molar-refractivity contribution is -0.138. The normalized spacial score (nSPS) is 11.7. The van der Waals surface area contributed by atoms with Crippen molar-refractivity contribution in [2.45, 2.75) is 5.92 Å². The van der Waals surface area contributed by atoms with Crippen molar-refractivity contribution in [1.82, 2.24) is 5.32 Å². The van der Waals surface area contributed by atoms with Crippen LogP contribution in [0.4, 0.5) is 0 Å². The van der Waals surface area contributed by atoms with Gasteiger partial charge in [-0.25, -0.2) is 0 Å². The molecule has 0 aromatic heterocycles. The van der Waals surface area contributed by atoms with Crippen molar-refractivity contribution < 1.29 is 14.7 Å². The quantitative estimate of drug-likeness (QED) is 0.892. The van der Waals surface area contributed by atoms with Crippen LogP contribution in [0.25, 0.3) is 0 Å². The maximum absolute atomic E-state index is 11.9. The Morgan fingerprint density at radius 1 is 1.10 bits per heavy atom. The molecular weight excluding hydrogens is 290 g/mol. The van der Waals surface area contributed by atoms with Crippen molar-refractivity contribution in [3.8, 4) is 0 Å².